The van der Waals surface area contributed by atoms with Gasteiger partial charge < -0.3 is 54.6 Å². The lowest BCUT2D eigenvalue weighted by Crippen LogP contribution is -2.51. The fourth-order valence-electron chi connectivity index (χ4n) is 10.7. The smallest absolute Gasteiger partial charge is 0.453 e. The summed E-state index contributed by atoms with van der Waals surface area (Å²) in [6.45, 7) is 8.88. The molecule has 2 aliphatic heterocycles. The zero-order valence-corrected chi connectivity index (χ0v) is 40.1. The number of nitrogens with zero attached hydrogens (tertiary/aromatic N) is 4. The summed E-state index contributed by atoms with van der Waals surface area (Å²) in [5.41, 5.74) is 11.5. The van der Waals surface area contributed by atoms with Crippen LogP contribution < -0.4 is 10.6 Å². The Labute approximate surface area is 394 Å². The summed E-state index contributed by atoms with van der Waals surface area (Å²) in [6.07, 6.45) is 7.49. The van der Waals surface area contributed by atoms with Crippen molar-refractivity contribution in [2.45, 2.75) is 109 Å². The molecule has 18 nitrogen and oxygen atoms in total. The van der Waals surface area contributed by atoms with Gasteiger partial charge in [-0.3, -0.25) is 9.59 Å². The number of H-pyrrole nitrogens is 2. The molecule has 19 heteroatoms. The lowest BCUT2D eigenvalue weighted by atomic mass is 9.81. The fourth-order valence-corrected chi connectivity index (χ4v) is 10.7. The van der Waals surface area contributed by atoms with E-state index in [4.69, 9.17) is 38.7 Å². The predicted molar refractivity (Wildman–Crippen MR) is 254 cm³/mol. The van der Waals surface area contributed by atoms with Gasteiger partial charge >= 0.3 is 20.0 Å². The molecular formula is C49H61N8O10P. The molecule has 0 radical (unpaired) electrons. The number of carbonyl (C=O) groups excluding carboxylic acids is 4. The number of methoxy groups -OCH3 is 2. The van der Waals surface area contributed by atoms with Crippen LogP contribution in [-0.2, 0) is 23.6 Å². The standard InChI is InChI=1S/C49H58N8O6.H3O4P/c1-26(2)42(54-48(60)62-5)46(58)56-21-7-9-38(56)44-50-25-37(53-44)29-13-11-28(12-14-29)33-18-19-34(41-32-16-15-31(23-32)40(33)41)30-17-20-35-36(24-30)52-45(51-35)39-10-8-22-57(39)47(59)43(27(3)4)55-49(61)63-6;1-5(2,3)4/h11-14,17-20,24-27,31-32,38-39,42-43H,7-10,15-16,21-23H2,1-6H3,(H,50,53)(H,51,52)(H,54,60)(H,55,61);(H3,1,2,3,4)/t31-,32+,38+,39+,42+,43+;/m1./s1. The highest BCUT2D eigenvalue weighted by molar-refractivity contribution is 7.45. The van der Waals surface area contributed by atoms with Gasteiger partial charge in [-0.25, -0.2) is 24.1 Å². The Bertz CT molecular complexity index is 2720. The van der Waals surface area contributed by atoms with Crippen molar-refractivity contribution in [3.63, 3.8) is 0 Å². The van der Waals surface area contributed by atoms with Crippen LogP contribution in [0.2, 0.25) is 0 Å². The molecule has 9 rings (SSSR count). The number of hydrogen-bond donors (Lipinski definition) is 7. The first-order valence-electron chi connectivity index (χ1n) is 23.3. The van der Waals surface area contributed by atoms with Crippen LogP contribution >= 0.6 is 7.82 Å². The highest BCUT2D eigenvalue weighted by Crippen LogP contribution is 2.58. The van der Waals surface area contributed by atoms with Crippen molar-refractivity contribution in [1.29, 1.82) is 0 Å². The molecule has 2 bridgehead atoms. The van der Waals surface area contributed by atoms with Gasteiger partial charge in [-0.05, 0) is 120 Å². The van der Waals surface area contributed by atoms with Gasteiger partial charge in [0.15, 0.2) is 0 Å². The Kier molecular flexibility index (Phi) is 14.1. The highest BCUT2D eigenvalue weighted by atomic mass is 31.2. The molecule has 4 heterocycles. The molecule has 362 valence electrons. The average Bonchev–Trinajstić information content (AvgIpc) is 4.18. The molecule has 2 aromatic heterocycles. The van der Waals surface area contributed by atoms with Gasteiger partial charge in [0.25, 0.3) is 0 Å². The molecule has 0 spiro atoms. The third-order valence-electron chi connectivity index (χ3n) is 13.9. The number of rotatable bonds is 11. The normalized spacial score (nSPS) is 20.6. The Morgan fingerprint density at radius 3 is 1.69 bits per heavy atom. The van der Waals surface area contributed by atoms with Gasteiger partial charge in [-0.2, -0.15) is 0 Å². The van der Waals surface area contributed by atoms with Crippen LogP contribution in [0.3, 0.4) is 0 Å². The first kappa shape index (κ1) is 48.4. The maximum atomic E-state index is 13.8. The number of nitrogens with one attached hydrogen (secondary N) is 4. The SMILES string of the molecule is COC(=O)N[C@H](C(=O)N1CCC[C@H]1c1ncc(-c2ccc(-c3ccc(-c4ccc5nc([C@@H]6CCCN6C(=O)[C@@H](NC(=O)OC)C(C)C)[nH]c5c4)c4c3[C@@H]3CC[C@H]4C3)cc2)[nH]1)C(C)C.O=P(O)(O)O. The summed E-state index contributed by atoms with van der Waals surface area (Å²) in [4.78, 5) is 93.7. The lowest BCUT2D eigenvalue weighted by molar-refractivity contribution is -0.136. The first-order chi connectivity index (χ1) is 32.4. The molecule has 2 saturated heterocycles. The minimum Gasteiger partial charge on any atom is -0.453 e. The fraction of sp³-hybridized carbons (Fsp3) is 0.469. The molecule has 4 amide bonds. The average molecular weight is 953 g/mol. The monoisotopic (exact) mass is 952 g/mol. The second-order valence-electron chi connectivity index (χ2n) is 18.9. The Hall–Kier alpha value is -6.07. The second-order valence-corrected chi connectivity index (χ2v) is 19.9. The number of likely N-dealkylation sites (tertiary alicyclic amines) is 2. The molecule has 3 aromatic carbocycles. The van der Waals surface area contributed by atoms with E-state index in [0.29, 0.717) is 24.9 Å². The van der Waals surface area contributed by atoms with E-state index in [-0.39, 0.29) is 35.7 Å². The minimum atomic E-state index is -4.64. The number of hydrogen-bond acceptors (Lipinski definition) is 9. The summed E-state index contributed by atoms with van der Waals surface area (Å²) in [5, 5.41) is 5.46. The number of fused-ring (bicyclic) bond motifs is 6. The molecule has 7 N–H and O–H groups in total. The topological polar surface area (TPSA) is 252 Å². The van der Waals surface area contributed by atoms with Crippen molar-refractivity contribution in [2.24, 2.45) is 11.8 Å². The number of phosphoric acid groups is 1. The minimum absolute atomic E-state index is 0.102. The van der Waals surface area contributed by atoms with E-state index in [2.05, 4.69) is 75.2 Å². The van der Waals surface area contributed by atoms with Crippen LogP contribution in [0.5, 0.6) is 0 Å². The molecule has 5 aromatic rings. The highest BCUT2D eigenvalue weighted by Gasteiger charge is 2.42. The molecule has 0 unspecified atom stereocenters. The van der Waals surface area contributed by atoms with Gasteiger partial charge in [-0.15, -0.1) is 0 Å². The molecule has 4 aliphatic rings. The van der Waals surface area contributed by atoms with Gasteiger partial charge in [0, 0.05) is 13.1 Å². The number of imidazole rings is 2. The van der Waals surface area contributed by atoms with E-state index in [0.717, 1.165) is 65.2 Å². The van der Waals surface area contributed by atoms with Gasteiger partial charge in [0.05, 0.1) is 49.2 Å². The zero-order chi connectivity index (χ0) is 48.6. The van der Waals surface area contributed by atoms with Crippen molar-refractivity contribution in [3.8, 4) is 33.5 Å². The van der Waals surface area contributed by atoms with Crippen LogP contribution in [-0.4, -0.2) is 108 Å². The number of carbonyl (C=O) groups is 4. The summed E-state index contributed by atoms with van der Waals surface area (Å²) in [7, 11) is -2.03. The number of ether oxygens (including phenoxy) is 2. The maximum Gasteiger partial charge on any atom is 0.466 e. The lowest BCUT2D eigenvalue weighted by Gasteiger charge is -2.30. The summed E-state index contributed by atoms with van der Waals surface area (Å²) in [5.74, 6) is 2.11. The van der Waals surface area contributed by atoms with Gasteiger partial charge in [0.1, 0.15) is 23.7 Å². The number of benzene rings is 3. The van der Waals surface area contributed by atoms with Gasteiger partial charge in [-0.1, -0.05) is 70.2 Å². The molecule has 6 atom stereocenters. The van der Waals surface area contributed by atoms with Crippen molar-refractivity contribution in [3.05, 3.63) is 83.6 Å². The van der Waals surface area contributed by atoms with E-state index in [9.17, 15) is 19.2 Å². The second kappa shape index (κ2) is 19.9. The van der Waals surface area contributed by atoms with E-state index >= 15 is 0 Å². The maximum absolute atomic E-state index is 13.8. The number of aromatic amines is 2. The number of alkyl carbamates (subject to hydrolysis) is 2. The van der Waals surface area contributed by atoms with E-state index in [1.807, 2.05) is 43.7 Å². The molecule has 68 heavy (non-hydrogen) atoms. The Morgan fingerprint density at radius 2 is 1.18 bits per heavy atom. The van der Waals surface area contributed by atoms with E-state index < -0.39 is 32.1 Å². The third-order valence-corrected chi connectivity index (χ3v) is 13.9. The summed E-state index contributed by atoms with van der Waals surface area (Å²) >= 11 is 0. The molecular weight excluding hydrogens is 892 g/mol. The Morgan fingerprint density at radius 1 is 0.691 bits per heavy atom. The Balaban J connectivity index is 0.00000119. The molecule has 2 aliphatic carbocycles. The third kappa shape index (κ3) is 10.0. The van der Waals surface area contributed by atoms with Crippen LogP contribution in [0.4, 0.5) is 9.59 Å². The van der Waals surface area contributed by atoms with Crippen LogP contribution in [0.15, 0.2) is 60.8 Å². The van der Waals surface area contributed by atoms with Crippen molar-refractivity contribution >= 4 is 42.9 Å². The van der Waals surface area contributed by atoms with Crippen LogP contribution in [0.25, 0.3) is 44.5 Å². The largest absolute Gasteiger partial charge is 0.466 e. The van der Waals surface area contributed by atoms with Gasteiger partial charge in [0.2, 0.25) is 11.8 Å². The summed E-state index contributed by atoms with van der Waals surface area (Å²) in [6, 6.07) is 18.0. The van der Waals surface area contributed by atoms with Crippen molar-refractivity contribution in [2.75, 3.05) is 27.3 Å². The predicted octanol–water partition coefficient (Wildman–Crippen LogP) is 7.81. The van der Waals surface area contributed by atoms with Crippen LogP contribution in [0, 0.1) is 11.8 Å². The van der Waals surface area contributed by atoms with Crippen LogP contribution in [0.1, 0.15) is 119 Å². The summed E-state index contributed by atoms with van der Waals surface area (Å²) < 4.78 is 18.5. The quantitative estimate of drug-likeness (QED) is 0.0626. The van der Waals surface area contributed by atoms with E-state index in [1.165, 1.54) is 61.3 Å². The van der Waals surface area contributed by atoms with E-state index in [1.54, 1.807) is 0 Å². The number of amides is 4. The number of aromatic nitrogens is 4. The first-order valence-corrected chi connectivity index (χ1v) is 24.9. The van der Waals surface area contributed by atoms with Crippen molar-refractivity contribution in [1.82, 2.24) is 40.4 Å². The molecule has 3 fully saturated rings. The molecule has 1 saturated carbocycles. The zero-order valence-electron chi connectivity index (χ0n) is 39.2. The van der Waals surface area contributed by atoms with Crippen molar-refractivity contribution < 1.29 is 47.9 Å².